The molecule has 5 nitrogen and oxygen atoms in total. The molecular weight excluding hydrogens is 248 g/mol. The summed E-state index contributed by atoms with van der Waals surface area (Å²) in [4.78, 5) is 22.1. The quantitative estimate of drug-likeness (QED) is 0.611. The molecule has 1 fully saturated rings. The van der Waals surface area contributed by atoms with Crippen molar-refractivity contribution in [2.45, 2.75) is 6.92 Å². The minimum absolute atomic E-state index is 0.146. The first-order chi connectivity index (χ1) is 9.13. The molecule has 0 saturated carbocycles. The minimum atomic E-state index is -0.467. The van der Waals surface area contributed by atoms with Crippen LogP contribution in [0.1, 0.15) is 17.3 Å². The third-order valence-electron chi connectivity index (χ3n) is 2.75. The lowest BCUT2D eigenvalue weighted by Gasteiger charge is -2.32. The SMILES string of the molecule is CC1(COC(=O)c2ccccc2)COC(=C=O)OC1. The van der Waals surface area contributed by atoms with E-state index >= 15 is 0 Å². The Morgan fingerprint density at radius 3 is 2.53 bits per heavy atom. The standard InChI is InChI=1S/C14H14O5/c1-14(8-17-12(7-15)18-9-14)10-19-13(16)11-5-3-2-4-6-11/h2-6H,8-10H2,1H3. The van der Waals surface area contributed by atoms with Crippen LogP contribution in [0.2, 0.25) is 0 Å². The van der Waals surface area contributed by atoms with Crippen LogP contribution in [0.25, 0.3) is 0 Å². The zero-order valence-electron chi connectivity index (χ0n) is 10.5. The maximum Gasteiger partial charge on any atom is 0.369 e. The van der Waals surface area contributed by atoms with Gasteiger partial charge in [-0.1, -0.05) is 18.2 Å². The number of esters is 1. The number of ether oxygens (including phenoxy) is 3. The van der Waals surface area contributed by atoms with Gasteiger partial charge in [0, 0.05) is 0 Å². The van der Waals surface area contributed by atoms with Crippen molar-refractivity contribution in [3.05, 3.63) is 41.8 Å². The lowest BCUT2D eigenvalue weighted by molar-refractivity contribution is -0.108. The van der Waals surface area contributed by atoms with E-state index in [4.69, 9.17) is 14.2 Å². The van der Waals surface area contributed by atoms with Crippen LogP contribution in [0, 0.1) is 5.41 Å². The van der Waals surface area contributed by atoms with Gasteiger partial charge in [0.15, 0.2) is 0 Å². The highest BCUT2D eigenvalue weighted by molar-refractivity contribution is 5.89. The predicted octanol–water partition coefficient (Wildman–Crippen LogP) is 1.57. The van der Waals surface area contributed by atoms with Gasteiger partial charge in [-0.25, -0.2) is 9.59 Å². The Morgan fingerprint density at radius 2 is 1.95 bits per heavy atom. The summed E-state index contributed by atoms with van der Waals surface area (Å²) in [5.74, 6) is 1.01. The highest BCUT2D eigenvalue weighted by Gasteiger charge is 2.33. The number of hydrogen-bond acceptors (Lipinski definition) is 5. The molecule has 1 heterocycles. The molecule has 0 bridgehead atoms. The van der Waals surface area contributed by atoms with Gasteiger partial charge in [0.1, 0.15) is 19.8 Å². The summed E-state index contributed by atoms with van der Waals surface area (Å²) < 4.78 is 15.4. The monoisotopic (exact) mass is 262 g/mol. The van der Waals surface area contributed by atoms with Crippen molar-refractivity contribution in [3.8, 4) is 0 Å². The molecule has 0 aromatic heterocycles. The summed E-state index contributed by atoms with van der Waals surface area (Å²) in [7, 11) is 0. The second-order valence-corrected chi connectivity index (χ2v) is 4.72. The molecule has 5 heteroatoms. The highest BCUT2D eigenvalue weighted by atomic mass is 16.7. The Morgan fingerprint density at radius 1 is 1.32 bits per heavy atom. The Balaban J connectivity index is 1.89. The molecule has 0 spiro atoms. The van der Waals surface area contributed by atoms with Crippen LogP contribution in [0.4, 0.5) is 0 Å². The zero-order chi connectivity index (χ0) is 13.7. The summed E-state index contributed by atoms with van der Waals surface area (Å²) in [5, 5.41) is 0. The van der Waals surface area contributed by atoms with E-state index in [0.29, 0.717) is 5.56 Å². The molecular formula is C14H14O5. The van der Waals surface area contributed by atoms with Gasteiger partial charge in [-0.15, -0.1) is 0 Å². The molecule has 0 aliphatic carbocycles. The average molecular weight is 262 g/mol. The average Bonchev–Trinajstić information content (AvgIpc) is 2.47. The van der Waals surface area contributed by atoms with Gasteiger partial charge in [-0.05, 0) is 19.1 Å². The van der Waals surface area contributed by atoms with Crippen LogP contribution in [0.15, 0.2) is 36.3 Å². The van der Waals surface area contributed by atoms with Crippen LogP contribution in [-0.4, -0.2) is 31.7 Å². The van der Waals surface area contributed by atoms with Crippen molar-refractivity contribution in [1.29, 1.82) is 0 Å². The van der Waals surface area contributed by atoms with Crippen LogP contribution in [-0.2, 0) is 19.0 Å². The second-order valence-electron chi connectivity index (χ2n) is 4.72. The molecule has 19 heavy (non-hydrogen) atoms. The van der Waals surface area contributed by atoms with E-state index in [1.807, 2.05) is 13.0 Å². The molecule has 1 aliphatic heterocycles. The van der Waals surface area contributed by atoms with Crippen LogP contribution in [0.5, 0.6) is 0 Å². The molecule has 0 N–H and O–H groups in total. The van der Waals surface area contributed by atoms with Gasteiger partial charge >= 0.3 is 11.9 Å². The summed E-state index contributed by atoms with van der Waals surface area (Å²) in [5.41, 5.74) is 0.0300. The van der Waals surface area contributed by atoms with Crippen molar-refractivity contribution in [2.75, 3.05) is 19.8 Å². The maximum atomic E-state index is 11.8. The number of carbonyl (C=O) groups is 1. The fourth-order valence-electron chi connectivity index (χ4n) is 1.60. The summed E-state index contributed by atoms with van der Waals surface area (Å²) >= 11 is 0. The van der Waals surface area contributed by atoms with E-state index < -0.39 is 11.4 Å². The van der Waals surface area contributed by atoms with Crippen LogP contribution < -0.4 is 0 Å². The molecule has 1 aromatic carbocycles. The van der Waals surface area contributed by atoms with E-state index in [2.05, 4.69) is 0 Å². The first kappa shape index (κ1) is 13.2. The molecule has 0 amide bonds. The Labute approximate surface area is 110 Å². The van der Waals surface area contributed by atoms with E-state index in [1.165, 1.54) is 0 Å². The molecule has 0 unspecified atom stereocenters. The predicted molar refractivity (Wildman–Crippen MR) is 65.9 cm³/mol. The summed E-state index contributed by atoms with van der Waals surface area (Å²) in [6.07, 6.45) is 0. The molecule has 1 saturated heterocycles. The third-order valence-corrected chi connectivity index (χ3v) is 2.75. The Kier molecular flexibility index (Phi) is 3.88. The lowest BCUT2D eigenvalue weighted by Crippen LogP contribution is -2.38. The molecule has 0 atom stereocenters. The Hall–Kier alpha value is -2.26. The van der Waals surface area contributed by atoms with Gasteiger partial charge in [-0.3, -0.25) is 0 Å². The number of benzene rings is 1. The lowest BCUT2D eigenvalue weighted by atomic mass is 9.94. The van der Waals surface area contributed by atoms with Gasteiger partial charge in [0.2, 0.25) is 5.94 Å². The number of hydrogen-bond donors (Lipinski definition) is 0. The van der Waals surface area contributed by atoms with Crippen molar-refractivity contribution in [2.24, 2.45) is 5.41 Å². The normalized spacial score (nSPS) is 21.8. The topological polar surface area (TPSA) is 61.8 Å². The van der Waals surface area contributed by atoms with E-state index in [-0.39, 0.29) is 25.8 Å². The van der Waals surface area contributed by atoms with Crippen LogP contribution in [0.3, 0.4) is 0 Å². The molecule has 100 valence electrons. The van der Waals surface area contributed by atoms with Gasteiger partial charge in [0.25, 0.3) is 0 Å². The smallest absolute Gasteiger partial charge is 0.369 e. The second kappa shape index (κ2) is 5.59. The minimum Gasteiger partial charge on any atom is -0.461 e. The third kappa shape index (κ3) is 3.36. The highest BCUT2D eigenvalue weighted by Crippen LogP contribution is 2.25. The summed E-state index contributed by atoms with van der Waals surface area (Å²) in [6.45, 7) is 2.51. The van der Waals surface area contributed by atoms with E-state index in [1.54, 1.807) is 30.2 Å². The molecule has 1 aromatic rings. The first-order valence-corrected chi connectivity index (χ1v) is 5.86. The Bertz CT molecular complexity index is 492. The summed E-state index contributed by atoms with van der Waals surface area (Å²) in [6, 6.07) is 8.74. The van der Waals surface area contributed by atoms with Gasteiger partial charge in [-0.2, -0.15) is 0 Å². The fourth-order valence-corrected chi connectivity index (χ4v) is 1.60. The molecule has 1 aliphatic rings. The van der Waals surface area contributed by atoms with E-state index in [9.17, 15) is 9.59 Å². The number of rotatable bonds is 3. The van der Waals surface area contributed by atoms with Crippen molar-refractivity contribution in [1.82, 2.24) is 0 Å². The molecule has 2 rings (SSSR count). The van der Waals surface area contributed by atoms with Crippen molar-refractivity contribution in [3.63, 3.8) is 0 Å². The fraction of sp³-hybridized carbons (Fsp3) is 0.357. The largest absolute Gasteiger partial charge is 0.461 e. The van der Waals surface area contributed by atoms with E-state index in [0.717, 1.165) is 0 Å². The van der Waals surface area contributed by atoms with Crippen LogP contribution >= 0.6 is 0 Å². The van der Waals surface area contributed by atoms with Gasteiger partial charge < -0.3 is 14.2 Å². The first-order valence-electron chi connectivity index (χ1n) is 5.86. The van der Waals surface area contributed by atoms with Gasteiger partial charge in [0.05, 0.1) is 11.0 Å². The van der Waals surface area contributed by atoms with Crippen molar-refractivity contribution >= 4 is 11.9 Å². The maximum absolute atomic E-state index is 11.8. The van der Waals surface area contributed by atoms with Crippen molar-refractivity contribution < 1.29 is 23.8 Å². The number of carbonyl (C=O) groups excluding carboxylic acids is 2. The molecule has 0 radical (unpaired) electrons. The zero-order valence-corrected chi connectivity index (χ0v) is 10.5.